The van der Waals surface area contributed by atoms with Crippen LogP contribution in [0.2, 0.25) is 0 Å². The van der Waals surface area contributed by atoms with Gasteiger partial charge in [0.25, 0.3) is 11.5 Å². The molecule has 2 atom stereocenters. The Hall–Kier alpha value is -1.43. The molecule has 1 aromatic heterocycles. The Balaban J connectivity index is 1.70. The molecule has 5 nitrogen and oxygen atoms in total. The Morgan fingerprint density at radius 3 is 2.78 bits per heavy atom. The fourth-order valence-corrected chi connectivity index (χ4v) is 4.42. The number of nitrogens with zero attached hydrogens (tertiary/aromatic N) is 2. The van der Waals surface area contributed by atoms with E-state index >= 15 is 0 Å². The van der Waals surface area contributed by atoms with Crippen molar-refractivity contribution < 1.29 is 4.79 Å². The zero-order chi connectivity index (χ0) is 16.8. The fourth-order valence-electron chi connectivity index (χ4n) is 4.04. The molecule has 2 aliphatic carbocycles. The molecule has 6 heteroatoms. The second kappa shape index (κ2) is 5.58. The van der Waals surface area contributed by atoms with Crippen molar-refractivity contribution in [3.63, 3.8) is 0 Å². The van der Waals surface area contributed by atoms with Gasteiger partial charge in [0, 0.05) is 27.9 Å². The van der Waals surface area contributed by atoms with Crippen LogP contribution in [-0.4, -0.2) is 16.2 Å². The van der Waals surface area contributed by atoms with E-state index in [1.807, 2.05) is 0 Å². The quantitative estimate of drug-likeness (QED) is 0.820. The number of nitrogens with one attached hydrogen (secondary N) is 1. The molecule has 0 aliphatic heterocycles. The van der Waals surface area contributed by atoms with Gasteiger partial charge in [0.05, 0.1) is 0 Å². The second-order valence-electron chi connectivity index (χ2n) is 7.40. The average molecular weight is 380 g/mol. The first-order valence-corrected chi connectivity index (χ1v) is 8.75. The van der Waals surface area contributed by atoms with Gasteiger partial charge >= 0.3 is 0 Å². The molecule has 1 N–H and O–H groups in total. The van der Waals surface area contributed by atoms with Gasteiger partial charge in [-0.15, -0.1) is 0 Å². The topological polar surface area (TPSA) is 63.5 Å². The van der Waals surface area contributed by atoms with E-state index in [9.17, 15) is 9.59 Å². The highest BCUT2D eigenvalue weighted by molar-refractivity contribution is 9.10. The Labute approximate surface area is 144 Å². The highest BCUT2D eigenvalue weighted by atomic mass is 79.9. The highest BCUT2D eigenvalue weighted by Crippen LogP contribution is 2.63. The molecule has 3 rings (SSSR count). The van der Waals surface area contributed by atoms with Crippen LogP contribution in [0.3, 0.4) is 0 Å². The van der Waals surface area contributed by atoms with Gasteiger partial charge in [-0.1, -0.05) is 20.8 Å². The maximum Gasteiger partial charge on any atom is 0.260 e. The van der Waals surface area contributed by atoms with Crippen LogP contribution in [0.1, 0.15) is 40.0 Å². The number of aromatic nitrogens is 1. The van der Waals surface area contributed by atoms with E-state index in [-0.39, 0.29) is 28.8 Å². The Bertz CT molecular complexity index is 738. The van der Waals surface area contributed by atoms with Crippen molar-refractivity contribution in [3.8, 4) is 0 Å². The van der Waals surface area contributed by atoms with E-state index < -0.39 is 0 Å². The highest BCUT2D eigenvalue weighted by Gasteiger charge is 2.59. The number of carbonyl (C=O) groups excluding carboxylic acids is 1. The normalized spacial score (nSPS) is 29.9. The maximum absolute atomic E-state index is 12.1. The second-order valence-corrected chi connectivity index (χ2v) is 8.32. The van der Waals surface area contributed by atoms with Crippen molar-refractivity contribution in [2.75, 3.05) is 0 Å². The first kappa shape index (κ1) is 16.4. The molecule has 2 unspecified atom stereocenters. The molecule has 1 amide bonds. The third kappa shape index (κ3) is 2.67. The summed E-state index contributed by atoms with van der Waals surface area (Å²) < 4.78 is 2.13. The lowest BCUT2D eigenvalue weighted by Gasteiger charge is -2.34. The fraction of sp³-hybridized carbons (Fsp3) is 0.588. The smallest absolute Gasteiger partial charge is 0.260 e. The van der Waals surface area contributed by atoms with Gasteiger partial charge in [-0.2, -0.15) is 5.10 Å². The summed E-state index contributed by atoms with van der Waals surface area (Å²) in [6.45, 7) is 6.83. The van der Waals surface area contributed by atoms with Crippen molar-refractivity contribution in [1.29, 1.82) is 0 Å². The molecule has 2 saturated carbocycles. The van der Waals surface area contributed by atoms with Crippen molar-refractivity contribution in [1.82, 2.24) is 9.99 Å². The number of hydrogen-bond donors (Lipinski definition) is 1. The number of hydrogen-bond acceptors (Lipinski definition) is 3. The van der Waals surface area contributed by atoms with E-state index in [2.05, 4.69) is 47.2 Å². The van der Waals surface area contributed by atoms with Gasteiger partial charge in [0.15, 0.2) is 0 Å². The van der Waals surface area contributed by atoms with Crippen LogP contribution in [0.25, 0.3) is 0 Å². The molecule has 0 radical (unpaired) electrons. The van der Waals surface area contributed by atoms with E-state index in [1.165, 1.54) is 17.1 Å². The lowest BCUT2D eigenvalue weighted by Crippen LogP contribution is -2.35. The summed E-state index contributed by atoms with van der Waals surface area (Å²) in [4.78, 5) is 23.8. The first-order valence-electron chi connectivity index (χ1n) is 7.96. The number of halogens is 1. The summed E-state index contributed by atoms with van der Waals surface area (Å²) in [5, 5.41) is 4.41. The first-order chi connectivity index (χ1) is 10.7. The van der Waals surface area contributed by atoms with Crippen LogP contribution in [-0.2, 0) is 11.3 Å². The van der Waals surface area contributed by atoms with Crippen LogP contribution in [0.5, 0.6) is 0 Å². The molecule has 0 aromatic carbocycles. The largest absolute Gasteiger partial charge is 0.305 e. The molecule has 1 heterocycles. The molecule has 2 bridgehead atoms. The van der Waals surface area contributed by atoms with E-state index in [0.717, 1.165) is 23.0 Å². The molecule has 0 saturated heterocycles. The van der Waals surface area contributed by atoms with Gasteiger partial charge in [-0.05, 0) is 52.6 Å². The van der Waals surface area contributed by atoms with Gasteiger partial charge in [-0.25, -0.2) is 5.43 Å². The number of amides is 1. The van der Waals surface area contributed by atoms with Crippen LogP contribution >= 0.6 is 15.9 Å². The third-order valence-corrected chi connectivity index (χ3v) is 6.56. The molecule has 0 spiro atoms. The molecule has 23 heavy (non-hydrogen) atoms. The van der Waals surface area contributed by atoms with E-state index in [0.29, 0.717) is 5.92 Å². The van der Waals surface area contributed by atoms with E-state index in [4.69, 9.17) is 0 Å². The predicted molar refractivity (Wildman–Crippen MR) is 93.2 cm³/mol. The van der Waals surface area contributed by atoms with Crippen molar-refractivity contribution >= 4 is 27.5 Å². The summed E-state index contributed by atoms with van der Waals surface area (Å²) in [5.41, 5.74) is 3.83. The Morgan fingerprint density at radius 1 is 1.43 bits per heavy atom. The van der Waals surface area contributed by atoms with Crippen molar-refractivity contribution in [2.45, 2.75) is 46.6 Å². The summed E-state index contributed by atoms with van der Waals surface area (Å²) in [7, 11) is 0. The standard InChI is InChI=1S/C17H22BrN3O2/c1-16(2)11-6-7-17(16,3)13(8-11)19-20-14(22)10-21-9-12(18)4-5-15(21)23/h4-5,9,11H,6-8,10H2,1-3H3,(H,20,22). The summed E-state index contributed by atoms with van der Waals surface area (Å²) in [5.74, 6) is 0.373. The van der Waals surface area contributed by atoms with Gasteiger partial charge < -0.3 is 4.57 Å². The lowest BCUT2D eigenvalue weighted by molar-refractivity contribution is -0.121. The number of carbonyl (C=O) groups is 1. The van der Waals surface area contributed by atoms with Crippen LogP contribution in [0.15, 0.2) is 32.7 Å². The Morgan fingerprint density at radius 2 is 2.17 bits per heavy atom. The van der Waals surface area contributed by atoms with Crippen LogP contribution in [0.4, 0.5) is 0 Å². The van der Waals surface area contributed by atoms with Crippen LogP contribution < -0.4 is 11.0 Å². The monoisotopic (exact) mass is 379 g/mol. The SMILES string of the molecule is CC12CCC(CC1=NNC(=O)Cn1cc(Br)ccc1=O)C2(C)C. The number of pyridine rings is 1. The third-order valence-electron chi connectivity index (χ3n) is 6.09. The summed E-state index contributed by atoms with van der Waals surface area (Å²) in [6, 6.07) is 3.10. The minimum Gasteiger partial charge on any atom is -0.305 e. The minimum absolute atomic E-state index is 0.0292. The number of hydrazone groups is 1. The lowest BCUT2D eigenvalue weighted by atomic mass is 9.70. The molecule has 2 fully saturated rings. The van der Waals surface area contributed by atoms with Crippen molar-refractivity contribution in [3.05, 3.63) is 33.2 Å². The van der Waals surface area contributed by atoms with Gasteiger partial charge in [0.2, 0.25) is 0 Å². The molecule has 124 valence electrons. The molecular formula is C17H22BrN3O2. The maximum atomic E-state index is 12.1. The molecule has 2 aliphatic rings. The van der Waals surface area contributed by atoms with Gasteiger partial charge in [0.1, 0.15) is 6.54 Å². The summed E-state index contributed by atoms with van der Waals surface area (Å²) in [6.07, 6.45) is 4.94. The Kier molecular flexibility index (Phi) is 3.99. The zero-order valence-electron chi connectivity index (χ0n) is 13.7. The average Bonchev–Trinajstić information content (AvgIpc) is 2.82. The summed E-state index contributed by atoms with van der Waals surface area (Å²) >= 11 is 3.30. The van der Waals surface area contributed by atoms with Crippen LogP contribution in [0, 0.1) is 16.7 Å². The predicted octanol–water partition coefficient (Wildman–Crippen LogP) is 2.93. The van der Waals surface area contributed by atoms with Gasteiger partial charge in [-0.3, -0.25) is 9.59 Å². The number of rotatable bonds is 3. The van der Waals surface area contributed by atoms with Crippen molar-refractivity contribution in [2.24, 2.45) is 21.8 Å². The number of fused-ring (bicyclic) bond motifs is 2. The molecular weight excluding hydrogens is 358 g/mol. The minimum atomic E-state index is -0.276. The van der Waals surface area contributed by atoms with E-state index in [1.54, 1.807) is 12.3 Å². The zero-order valence-corrected chi connectivity index (χ0v) is 15.3. The molecule has 1 aromatic rings.